The fourth-order valence-electron chi connectivity index (χ4n) is 5.01. The van der Waals surface area contributed by atoms with Gasteiger partial charge in [0.1, 0.15) is 17.3 Å². The molecule has 0 radical (unpaired) electrons. The van der Waals surface area contributed by atoms with Crippen LogP contribution in [0.3, 0.4) is 0 Å². The van der Waals surface area contributed by atoms with Crippen molar-refractivity contribution in [2.45, 2.75) is 49.8 Å². The molecule has 10 heteroatoms. The highest BCUT2D eigenvalue weighted by Gasteiger charge is 2.27. The van der Waals surface area contributed by atoms with Gasteiger partial charge >= 0.3 is 0 Å². The third kappa shape index (κ3) is 5.97. The Morgan fingerprint density at radius 2 is 1.82 bits per heavy atom. The minimum Gasteiger partial charge on any atom is -0.343 e. The second-order valence-electron chi connectivity index (χ2n) is 10.2. The summed E-state index contributed by atoms with van der Waals surface area (Å²) in [6.45, 7) is 1.92. The summed E-state index contributed by atoms with van der Waals surface area (Å²) < 4.78 is 30.0. The number of aryl methyl sites for hydroxylation is 1. The van der Waals surface area contributed by atoms with E-state index in [0.29, 0.717) is 23.9 Å². The van der Waals surface area contributed by atoms with Crippen molar-refractivity contribution in [2.24, 2.45) is 0 Å². The number of nitrogens with one attached hydrogen (secondary N) is 2. The van der Waals surface area contributed by atoms with Gasteiger partial charge in [0.25, 0.3) is 16.0 Å². The first kappa shape index (κ1) is 26.8. The molecule has 1 saturated carbocycles. The van der Waals surface area contributed by atoms with Crippen molar-refractivity contribution in [3.8, 4) is 0 Å². The van der Waals surface area contributed by atoms with E-state index >= 15 is 0 Å². The highest BCUT2D eigenvalue weighted by atomic mass is 32.2. The molecule has 0 saturated heterocycles. The highest BCUT2D eigenvalue weighted by Crippen LogP contribution is 2.39. The summed E-state index contributed by atoms with van der Waals surface area (Å²) in [5.41, 5.74) is 4.29. The van der Waals surface area contributed by atoms with Crippen LogP contribution in [0.25, 0.3) is 10.9 Å². The van der Waals surface area contributed by atoms with Crippen LogP contribution in [0.2, 0.25) is 0 Å². The van der Waals surface area contributed by atoms with E-state index in [-0.39, 0.29) is 17.4 Å². The van der Waals surface area contributed by atoms with Gasteiger partial charge in [-0.25, -0.2) is 9.97 Å². The largest absolute Gasteiger partial charge is 0.343 e. The summed E-state index contributed by atoms with van der Waals surface area (Å²) in [5.74, 6) is 1.61. The number of hydrogen-bond acceptors (Lipinski definition) is 7. The molecule has 1 aliphatic rings. The molecule has 2 N–H and O–H groups in total. The summed E-state index contributed by atoms with van der Waals surface area (Å²) in [4.78, 5) is 27.1. The molecule has 0 atom stereocenters. The minimum absolute atomic E-state index is 0.0254. The summed E-state index contributed by atoms with van der Waals surface area (Å²) >= 11 is 0. The Hall–Kier alpha value is -3.76. The highest BCUT2D eigenvalue weighted by molar-refractivity contribution is 7.86. The number of anilines is 2. The zero-order valence-corrected chi connectivity index (χ0v) is 23.2. The summed E-state index contributed by atoms with van der Waals surface area (Å²) in [5, 5.41) is 4.24. The molecule has 1 fully saturated rings. The Balaban J connectivity index is 1.28. The number of amides is 1. The number of rotatable bonds is 9. The molecule has 0 bridgehead atoms. The SMILES string of the molecule is Cc1ccc(S(=O)(=O)OCCc2ccc(Nc3cc4cnc(C(=O)N(C)C)c(C5CCCC5)c4[nH]3)nc2)cc1. The second kappa shape index (κ2) is 11.2. The Morgan fingerprint density at radius 1 is 1.08 bits per heavy atom. The van der Waals surface area contributed by atoms with Gasteiger partial charge in [-0.2, -0.15) is 8.42 Å². The molecule has 1 aromatic carbocycles. The molecule has 204 valence electrons. The van der Waals surface area contributed by atoms with Crippen molar-refractivity contribution in [1.82, 2.24) is 19.9 Å². The van der Waals surface area contributed by atoms with Crippen LogP contribution in [-0.2, 0) is 20.7 Å². The van der Waals surface area contributed by atoms with E-state index in [2.05, 4.69) is 20.3 Å². The molecule has 1 aliphatic carbocycles. The van der Waals surface area contributed by atoms with Gasteiger partial charge in [0, 0.05) is 37.4 Å². The number of pyridine rings is 2. The first-order valence-electron chi connectivity index (χ1n) is 13.1. The molecule has 39 heavy (non-hydrogen) atoms. The predicted molar refractivity (Wildman–Crippen MR) is 151 cm³/mol. The monoisotopic (exact) mass is 547 g/mol. The lowest BCUT2D eigenvalue weighted by Gasteiger charge is -2.18. The van der Waals surface area contributed by atoms with E-state index < -0.39 is 10.1 Å². The van der Waals surface area contributed by atoms with Gasteiger partial charge in [-0.15, -0.1) is 0 Å². The van der Waals surface area contributed by atoms with Crippen LogP contribution in [0.1, 0.15) is 58.8 Å². The molecule has 0 unspecified atom stereocenters. The third-order valence-corrected chi connectivity index (χ3v) is 8.43. The molecule has 3 aromatic heterocycles. The van der Waals surface area contributed by atoms with E-state index in [4.69, 9.17) is 4.18 Å². The van der Waals surface area contributed by atoms with Crippen molar-refractivity contribution < 1.29 is 17.4 Å². The van der Waals surface area contributed by atoms with Gasteiger partial charge in [-0.3, -0.25) is 8.98 Å². The van der Waals surface area contributed by atoms with Crippen molar-refractivity contribution in [3.05, 3.63) is 77.2 Å². The lowest BCUT2D eigenvalue weighted by molar-refractivity contribution is 0.0820. The molecule has 1 amide bonds. The smallest absolute Gasteiger partial charge is 0.296 e. The number of fused-ring (bicyclic) bond motifs is 1. The van der Waals surface area contributed by atoms with E-state index in [1.165, 1.54) is 0 Å². The zero-order valence-electron chi connectivity index (χ0n) is 22.4. The van der Waals surface area contributed by atoms with Crippen LogP contribution < -0.4 is 5.32 Å². The van der Waals surface area contributed by atoms with Gasteiger partial charge in [0.15, 0.2) is 0 Å². The first-order chi connectivity index (χ1) is 18.7. The summed E-state index contributed by atoms with van der Waals surface area (Å²) in [6, 6.07) is 12.3. The summed E-state index contributed by atoms with van der Waals surface area (Å²) in [7, 11) is -0.300. The Bertz CT molecular complexity index is 1570. The van der Waals surface area contributed by atoms with Crippen LogP contribution in [0.5, 0.6) is 0 Å². The minimum atomic E-state index is -3.80. The molecule has 0 aliphatic heterocycles. The zero-order chi connectivity index (χ0) is 27.6. The number of aromatic amines is 1. The molecule has 3 heterocycles. The quantitative estimate of drug-likeness (QED) is 0.273. The van der Waals surface area contributed by atoms with Crippen molar-refractivity contribution in [2.75, 3.05) is 26.0 Å². The van der Waals surface area contributed by atoms with Crippen LogP contribution in [0.4, 0.5) is 11.6 Å². The normalized spacial score (nSPS) is 14.1. The van der Waals surface area contributed by atoms with E-state index in [9.17, 15) is 13.2 Å². The van der Waals surface area contributed by atoms with Crippen molar-refractivity contribution in [1.29, 1.82) is 0 Å². The second-order valence-corrected chi connectivity index (χ2v) is 11.8. The lowest BCUT2D eigenvalue weighted by atomic mass is 9.94. The number of aromatic nitrogens is 3. The maximum Gasteiger partial charge on any atom is 0.296 e. The fraction of sp³-hybridized carbons (Fsp3) is 0.345. The number of carbonyl (C=O) groups is 1. The maximum atomic E-state index is 12.9. The average Bonchev–Trinajstić information content (AvgIpc) is 3.59. The van der Waals surface area contributed by atoms with Crippen molar-refractivity contribution in [3.63, 3.8) is 0 Å². The number of benzene rings is 1. The average molecular weight is 548 g/mol. The standard InChI is InChI=1S/C29H33N5O4S/c1-19-8-11-23(12-9-19)39(36,37)38-15-14-20-10-13-24(30-17-20)32-25-16-22-18-31-28(29(35)34(2)3)26(27(22)33-25)21-6-4-5-7-21/h8-13,16-18,21,33H,4-7,14-15H2,1-3H3,(H,30,32). The molecular weight excluding hydrogens is 514 g/mol. The van der Waals surface area contributed by atoms with Crippen LogP contribution in [0.15, 0.2) is 59.8 Å². The predicted octanol–water partition coefficient (Wildman–Crippen LogP) is 5.32. The molecule has 9 nitrogen and oxygen atoms in total. The van der Waals surface area contributed by atoms with Gasteiger partial charge < -0.3 is 15.2 Å². The molecular formula is C29H33N5O4S. The lowest BCUT2D eigenvalue weighted by Crippen LogP contribution is -2.25. The summed E-state index contributed by atoms with van der Waals surface area (Å²) in [6.07, 6.45) is 8.26. The molecule has 0 spiro atoms. The third-order valence-electron chi connectivity index (χ3n) is 7.10. The number of H-pyrrole nitrogens is 1. The maximum absolute atomic E-state index is 12.9. The molecule has 5 rings (SSSR count). The topological polar surface area (TPSA) is 117 Å². The fourth-order valence-corrected chi connectivity index (χ4v) is 5.91. The van der Waals surface area contributed by atoms with E-state index in [1.54, 1.807) is 55.7 Å². The Kier molecular flexibility index (Phi) is 7.67. The number of carbonyl (C=O) groups excluding carboxylic acids is 1. The first-order valence-corrected chi connectivity index (χ1v) is 14.5. The van der Waals surface area contributed by atoms with Crippen LogP contribution in [0, 0.1) is 6.92 Å². The van der Waals surface area contributed by atoms with Crippen LogP contribution in [-0.4, -0.2) is 54.9 Å². The van der Waals surface area contributed by atoms with E-state index in [1.807, 2.05) is 25.1 Å². The molecule has 4 aromatic rings. The van der Waals surface area contributed by atoms with Crippen molar-refractivity contribution >= 4 is 38.6 Å². The number of hydrogen-bond donors (Lipinski definition) is 2. The van der Waals surface area contributed by atoms with Gasteiger partial charge in [0.2, 0.25) is 0 Å². The Morgan fingerprint density at radius 3 is 2.49 bits per heavy atom. The van der Waals surface area contributed by atoms with Crippen LogP contribution >= 0.6 is 0 Å². The Labute approximate surface area is 228 Å². The van der Waals surface area contributed by atoms with E-state index in [0.717, 1.165) is 59.1 Å². The number of nitrogens with zero attached hydrogens (tertiary/aromatic N) is 3. The van der Waals surface area contributed by atoms with Gasteiger partial charge in [0.05, 0.1) is 17.0 Å². The van der Waals surface area contributed by atoms with Gasteiger partial charge in [-0.05, 0) is 61.9 Å². The van der Waals surface area contributed by atoms with Gasteiger partial charge in [-0.1, -0.05) is 36.6 Å².